The molecule has 1 aromatic heterocycles. The molecule has 0 saturated carbocycles. The van der Waals surface area contributed by atoms with Crippen LogP contribution >= 0.6 is 11.3 Å². The number of amides is 2. The molecule has 12 heteroatoms. The summed E-state index contributed by atoms with van der Waals surface area (Å²) in [6.07, 6.45) is -1.71. The summed E-state index contributed by atoms with van der Waals surface area (Å²) in [5, 5.41) is 28.6. The van der Waals surface area contributed by atoms with E-state index in [1.54, 1.807) is 37.3 Å². The smallest absolute Gasteiger partial charge is 0.271 e. The number of hydrogen-bond donors (Lipinski definition) is 5. The SMILES string of the molecule is C[C@@H](NC(=O)c1ccccc1)[C@@H](O)[C@H](O)[C@H](Cc1ccccc1)NC(=O)c1csc(NS(C)(=O)=O)n1. The molecule has 0 aliphatic heterocycles. The van der Waals surface area contributed by atoms with Gasteiger partial charge < -0.3 is 20.8 Å². The standard InChI is InChI=1S/C24H28N4O6S2/c1-15(25-22(31)17-11-7-4-8-12-17)20(29)21(30)18(13-16-9-5-3-6-10-16)26-23(32)19-14-35-24(27-19)28-36(2,33)34/h3-12,14-15,18,20-21,29-30H,13H2,1-2H3,(H,25,31)(H,26,32)(H,27,28)/t15-,18+,20-,21-/m1/s1. The van der Waals surface area contributed by atoms with E-state index in [0.717, 1.165) is 23.2 Å². The zero-order chi connectivity index (χ0) is 26.3. The molecule has 1 heterocycles. The molecule has 10 nitrogen and oxygen atoms in total. The average Bonchev–Trinajstić information content (AvgIpc) is 3.30. The molecule has 2 aromatic carbocycles. The number of aromatic nitrogens is 1. The second kappa shape index (κ2) is 12.1. The van der Waals surface area contributed by atoms with Crippen molar-refractivity contribution in [1.82, 2.24) is 15.6 Å². The van der Waals surface area contributed by atoms with Gasteiger partial charge in [0.2, 0.25) is 10.0 Å². The van der Waals surface area contributed by atoms with Crippen molar-refractivity contribution in [1.29, 1.82) is 0 Å². The van der Waals surface area contributed by atoms with Crippen LogP contribution in [0.15, 0.2) is 66.0 Å². The number of rotatable bonds is 11. The van der Waals surface area contributed by atoms with Crippen molar-refractivity contribution >= 4 is 38.3 Å². The minimum atomic E-state index is -3.56. The van der Waals surface area contributed by atoms with Gasteiger partial charge in [-0.3, -0.25) is 14.3 Å². The first-order valence-electron chi connectivity index (χ1n) is 11.0. The highest BCUT2D eigenvalue weighted by atomic mass is 32.2. The van der Waals surface area contributed by atoms with Gasteiger partial charge in [0.1, 0.15) is 17.9 Å². The van der Waals surface area contributed by atoms with Crippen molar-refractivity contribution in [3.63, 3.8) is 0 Å². The van der Waals surface area contributed by atoms with Gasteiger partial charge in [-0.15, -0.1) is 11.3 Å². The topological polar surface area (TPSA) is 158 Å². The van der Waals surface area contributed by atoms with E-state index in [2.05, 4.69) is 20.3 Å². The maximum atomic E-state index is 12.9. The van der Waals surface area contributed by atoms with Crippen LogP contribution in [-0.4, -0.2) is 66.0 Å². The van der Waals surface area contributed by atoms with E-state index in [0.29, 0.717) is 5.56 Å². The third-order valence-electron chi connectivity index (χ3n) is 5.29. The predicted octanol–water partition coefficient (Wildman–Crippen LogP) is 1.40. The fourth-order valence-corrected chi connectivity index (χ4v) is 4.99. The van der Waals surface area contributed by atoms with Crippen LogP contribution in [0.4, 0.5) is 5.13 Å². The van der Waals surface area contributed by atoms with E-state index in [9.17, 15) is 28.2 Å². The molecule has 0 bridgehead atoms. The molecule has 36 heavy (non-hydrogen) atoms. The Balaban J connectivity index is 1.74. The number of hydrogen-bond acceptors (Lipinski definition) is 8. The zero-order valence-electron chi connectivity index (χ0n) is 19.7. The summed E-state index contributed by atoms with van der Waals surface area (Å²) in [6, 6.07) is 15.8. The van der Waals surface area contributed by atoms with Crippen molar-refractivity contribution in [2.24, 2.45) is 0 Å². The summed E-state index contributed by atoms with van der Waals surface area (Å²) in [6.45, 7) is 1.56. The van der Waals surface area contributed by atoms with Crippen molar-refractivity contribution in [2.45, 2.75) is 37.6 Å². The first-order chi connectivity index (χ1) is 17.0. The molecular formula is C24H28N4O6S2. The Kier molecular flexibility index (Phi) is 9.15. The first kappa shape index (κ1) is 27.3. The summed E-state index contributed by atoms with van der Waals surface area (Å²) in [4.78, 5) is 29.3. The molecule has 0 spiro atoms. The zero-order valence-corrected chi connectivity index (χ0v) is 21.3. The molecule has 2 amide bonds. The number of thiazole rings is 1. The Labute approximate surface area is 213 Å². The van der Waals surface area contributed by atoms with E-state index in [4.69, 9.17) is 0 Å². The van der Waals surface area contributed by atoms with Gasteiger partial charge in [0.05, 0.1) is 18.3 Å². The molecule has 0 fully saturated rings. The van der Waals surface area contributed by atoms with Gasteiger partial charge in [-0.2, -0.15) is 0 Å². The van der Waals surface area contributed by atoms with E-state index in [1.165, 1.54) is 5.38 Å². The van der Waals surface area contributed by atoms with Gasteiger partial charge in [-0.1, -0.05) is 48.5 Å². The summed E-state index contributed by atoms with van der Waals surface area (Å²) in [7, 11) is -3.56. The lowest BCUT2D eigenvalue weighted by Crippen LogP contribution is -2.55. The molecule has 4 atom stereocenters. The number of benzene rings is 2. The lowest BCUT2D eigenvalue weighted by Gasteiger charge is -2.31. The third-order valence-corrected chi connectivity index (χ3v) is 6.74. The van der Waals surface area contributed by atoms with Crippen molar-refractivity contribution in [3.05, 3.63) is 82.9 Å². The Hall–Kier alpha value is -3.32. The minimum Gasteiger partial charge on any atom is -0.388 e. The molecule has 0 unspecified atom stereocenters. The quantitative estimate of drug-likeness (QED) is 0.250. The highest BCUT2D eigenvalue weighted by Crippen LogP contribution is 2.18. The average molecular weight is 533 g/mol. The van der Waals surface area contributed by atoms with Gasteiger partial charge >= 0.3 is 0 Å². The Morgan fingerprint density at radius 2 is 1.56 bits per heavy atom. The first-order valence-corrected chi connectivity index (χ1v) is 13.8. The maximum absolute atomic E-state index is 12.9. The van der Waals surface area contributed by atoms with Crippen LogP contribution in [0.5, 0.6) is 0 Å². The fourth-order valence-electron chi connectivity index (χ4n) is 3.45. The third kappa shape index (κ3) is 7.85. The number of anilines is 1. The molecule has 3 aromatic rings. The highest BCUT2D eigenvalue weighted by Gasteiger charge is 2.33. The minimum absolute atomic E-state index is 0.0279. The molecule has 0 aliphatic carbocycles. The Morgan fingerprint density at radius 1 is 0.944 bits per heavy atom. The summed E-state index contributed by atoms with van der Waals surface area (Å²) < 4.78 is 25.0. The van der Waals surface area contributed by atoms with Crippen LogP contribution in [0.2, 0.25) is 0 Å². The van der Waals surface area contributed by atoms with Gasteiger partial charge in [-0.05, 0) is 31.0 Å². The van der Waals surface area contributed by atoms with Crippen LogP contribution in [0, 0.1) is 0 Å². The maximum Gasteiger partial charge on any atom is 0.271 e. The molecule has 192 valence electrons. The van der Waals surface area contributed by atoms with E-state index in [-0.39, 0.29) is 17.2 Å². The van der Waals surface area contributed by atoms with Crippen LogP contribution in [0.3, 0.4) is 0 Å². The molecule has 3 rings (SSSR count). The predicted molar refractivity (Wildman–Crippen MR) is 137 cm³/mol. The van der Waals surface area contributed by atoms with Crippen LogP contribution in [0.1, 0.15) is 33.3 Å². The number of aliphatic hydroxyl groups is 2. The van der Waals surface area contributed by atoms with E-state index in [1.807, 2.05) is 30.3 Å². The number of carbonyl (C=O) groups is 2. The van der Waals surface area contributed by atoms with Gasteiger partial charge in [0.25, 0.3) is 11.8 Å². The fraction of sp³-hybridized carbons (Fsp3) is 0.292. The number of sulfonamides is 1. The van der Waals surface area contributed by atoms with Gasteiger partial charge in [0.15, 0.2) is 5.13 Å². The number of nitrogens with zero attached hydrogens (tertiary/aromatic N) is 1. The lowest BCUT2D eigenvalue weighted by molar-refractivity contribution is -0.0188. The summed E-state index contributed by atoms with van der Waals surface area (Å²) >= 11 is 0.939. The van der Waals surface area contributed by atoms with E-state index < -0.39 is 46.1 Å². The normalized spacial score (nSPS) is 14.8. The van der Waals surface area contributed by atoms with Crippen molar-refractivity contribution in [3.8, 4) is 0 Å². The van der Waals surface area contributed by atoms with Gasteiger partial charge in [-0.25, -0.2) is 13.4 Å². The summed E-state index contributed by atoms with van der Waals surface area (Å²) in [5.74, 6) is -1.06. The monoisotopic (exact) mass is 532 g/mol. The lowest BCUT2D eigenvalue weighted by atomic mass is 9.94. The molecule has 0 saturated heterocycles. The van der Waals surface area contributed by atoms with E-state index >= 15 is 0 Å². The molecule has 0 radical (unpaired) electrons. The van der Waals surface area contributed by atoms with Crippen LogP contribution in [-0.2, 0) is 16.4 Å². The second-order valence-electron chi connectivity index (χ2n) is 8.29. The molecular weight excluding hydrogens is 504 g/mol. The number of carbonyl (C=O) groups excluding carboxylic acids is 2. The largest absolute Gasteiger partial charge is 0.388 e. The van der Waals surface area contributed by atoms with Crippen LogP contribution in [0.25, 0.3) is 0 Å². The second-order valence-corrected chi connectivity index (χ2v) is 10.9. The molecule has 5 N–H and O–H groups in total. The van der Waals surface area contributed by atoms with Crippen molar-refractivity contribution in [2.75, 3.05) is 11.0 Å². The van der Waals surface area contributed by atoms with Crippen LogP contribution < -0.4 is 15.4 Å². The highest BCUT2D eigenvalue weighted by molar-refractivity contribution is 7.92. The Bertz CT molecular complexity index is 1270. The van der Waals surface area contributed by atoms with Crippen molar-refractivity contribution < 1.29 is 28.2 Å². The summed E-state index contributed by atoms with van der Waals surface area (Å²) in [5.41, 5.74) is 1.16. The number of aliphatic hydroxyl groups excluding tert-OH is 2. The van der Waals surface area contributed by atoms with Gasteiger partial charge in [0, 0.05) is 10.9 Å². The Morgan fingerprint density at radius 3 is 2.17 bits per heavy atom. The molecule has 0 aliphatic rings. The number of nitrogens with one attached hydrogen (secondary N) is 3.